The fourth-order valence-corrected chi connectivity index (χ4v) is 4.00. The van der Waals surface area contributed by atoms with Crippen LogP contribution >= 0.6 is 24.8 Å². The van der Waals surface area contributed by atoms with Crippen LogP contribution in [0.4, 0.5) is 0 Å². The van der Waals surface area contributed by atoms with Crippen molar-refractivity contribution in [3.05, 3.63) is 35.4 Å². The van der Waals surface area contributed by atoms with E-state index in [9.17, 15) is 0 Å². The van der Waals surface area contributed by atoms with E-state index in [1.54, 1.807) is 0 Å². The minimum Gasteiger partial charge on any atom is -0.371 e. The number of hydrogen-bond donors (Lipinski definition) is 0. The third-order valence-electron chi connectivity index (χ3n) is 5.56. The number of hydrogen-bond acceptors (Lipinski definition) is 3. The van der Waals surface area contributed by atoms with Crippen molar-refractivity contribution < 1.29 is 4.74 Å². The maximum absolute atomic E-state index is 6.43. The Balaban J connectivity index is 0.00000169. The van der Waals surface area contributed by atoms with Crippen LogP contribution in [0.2, 0.25) is 0 Å². The van der Waals surface area contributed by atoms with Gasteiger partial charge in [-0.05, 0) is 69.9 Å². The number of aryl methyl sites for hydroxylation is 1. The molecule has 2 saturated heterocycles. The van der Waals surface area contributed by atoms with Gasteiger partial charge in [0.2, 0.25) is 0 Å². The number of halogens is 2. The Morgan fingerprint density at radius 1 is 0.808 bits per heavy atom. The van der Waals surface area contributed by atoms with Crippen molar-refractivity contribution in [1.82, 2.24) is 9.80 Å². The smallest absolute Gasteiger partial charge is 0.0833 e. The predicted octanol–water partition coefficient (Wildman–Crippen LogP) is 4.70. The number of rotatable bonds is 7. The van der Waals surface area contributed by atoms with Gasteiger partial charge >= 0.3 is 0 Å². The van der Waals surface area contributed by atoms with Gasteiger partial charge in [0.25, 0.3) is 0 Å². The lowest BCUT2D eigenvalue weighted by Crippen LogP contribution is -2.44. The van der Waals surface area contributed by atoms with E-state index in [2.05, 4.69) is 41.0 Å². The largest absolute Gasteiger partial charge is 0.371 e. The van der Waals surface area contributed by atoms with Gasteiger partial charge in [-0.3, -0.25) is 0 Å². The summed E-state index contributed by atoms with van der Waals surface area (Å²) in [5.41, 5.74) is 2.67. The van der Waals surface area contributed by atoms with Gasteiger partial charge in [0.15, 0.2) is 0 Å². The van der Waals surface area contributed by atoms with Gasteiger partial charge in [-0.1, -0.05) is 37.1 Å². The van der Waals surface area contributed by atoms with Crippen LogP contribution in [-0.4, -0.2) is 55.2 Å². The van der Waals surface area contributed by atoms with Crippen molar-refractivity contribution in [3.8, 4) is 0 Å². The van der Waals surface area contributed by atoms with Crippen LogP contribution in [0.5, 0.6) is 0 Å². The van der Waals surface area contributed by atoms with Crippen molar-refractivity contribution in [3.63, 3.8) is 0 Å². The van der Waals surface area contributed by atoms with Gasteiger partial charge < -0.3 is 14.5 Å². The van der Waals surface area contributed by atoms with Gasteiger partial charge in [-0.2, -0.15) is 0 Å². The molecule has 0 radical (unpaired) electrons. The molecule has 0 spiro atoms. The summed E-state index contributed by atoms with van der Waals surface area (Å²) >= 11 is 0. The van der Waals surface area contributed by atoms with E-state index >= 15 is 0 Å². The zero-order chi connectivity index (χ0) is 16.6. The molecule has 0 aliphatic carbocycles. The van der Waals surface area contributed by atoms with Gasteiger partial charge in [-0.25, -0.2) is 0 Å². The van der Waals surface area contributed by atoms with E-state index in [1.165, 1.54) is 75.8 Å². The summed E-state index contributed by atoms with van der Waals surface area (Å²) in [4.78, 5) is 5.24. The third kappa shape index (κ3) is 7.74. The first-order chi connectivity index (χ1) is 11.8. The Kier molecular flexibility index (Phi) is 11.8. The molecule has 5 heteroatoms. The number of piperidine rings is 2. The molecule has 150 valence electrons. The average Bonchev–Trinajstić information content (AvgIpc) is 2.62. The highest BCUT2D eigenvalue weighted by atomic mass is 35.5. The van der Waals surface area contributed by atoms with E-state index in [0.717, 1.165) is 19.7 Å². The molecule has 0 N–H and O–H groups in total. The second-order valence-corrected chi connectivity index (χ2v) is 7.58. The molecule has 1 aromatic rings. The molecule has 0 bridgehead atoms. The normalized spacial score (nSPS) is 19.0. The fraction of sp³-hybridized carbons (Fsp3) is 0.714. The Morgan fingerprint density at radius 3 is 1.81 bits per heavy atom. The lowest BCUT2D eigenvalue weighted by Gasteiger charge is -2.34. The maximum Gasteiger partial charge on any atom is 0.0833 e. The Bertz CT molecular complexity index is 469. The highest BCUT2D eigenvalue weighted by molar-refractivity contribution is 5.85. The standard InChI is InChI=1S/C21H34N2O.2ClH/c1-19-10-4-5-11-20(19)18-24-21(16-22-12-6-2-7-13-22)17-23-14-8-3-9-15-23;;/h4-5,10-11,21H,2-3,6-9,12-18H2,1H3;2*1H. The van der Waals surface area contributed by atoms with E-state index in [0.29, 0.717) is 6.10 Å². The summed E-state index contributed by atoms with van der Waals surface area (Å²) in [7, 11) is 0. The maximum atomic E-state index is 6.43. The number of likely N-dealkylation sites (tertiary alicyclic amines) is 2. The second kappa shape index (κ2) is 13.0. The summed E-state index contributed by atoms with van der Waals surface area (Å²) < 4.78 is 6.43. The second-order valence-electron chi connectivity index (χ2n) is 7.58. The minimum atomic E-state index is 0. The first-order valence-electron chi connectivity index (χ1n) is 9.92. The molecule has 2 heterocycles. The van der Waals surface area contributed by atoms with Crippen LogP contribution in [0.1, 0.15) is 49.7 Å². The molecule has 3 nitrogen and oxygen atoms in total. The van der Waals surface area contributed by atoms with E-state index in [4.69, 9.17) is 4.74 Å². The molecular weight excluding hydrogens is 367 g/mol. The van der Waals surface area contributed by atoms with Gasteiger partial charge in [-0.15, -0.1) is 24.8 Å². The van der Waals surface area contributed by atoms with Crippen LogP contribution < -0.4 is 0 Å². The molecule has 0 saturated carbocycles. The average molecular weight is 403 g/mol. The molecule has 0 unspecified atom stereocenters. The SMILES string of the molecule is Cc1ccccc1COC(CN1CCCCC1)CN1CCCCC1.Cl.Cl. The highest BCUT2D eigenvalue weighted by Gasteiger charge is 2.21. The van der Waals surface area contributed by atoms with Crippen molar-refractivity contribution >= 4 is 24.8 Å². The van der Waals surface area contributed by atoms with E-state index < -0.39 is 0 Å². The van der Waals surface area contributed by atoms with Crippen LogP contribution in [0.3, 0.4) is 0 Å². The van der Waals surface area contributed by atoms with Crippen LogP contribution in [0.25, 0.3) is 0 Å². The van der Waals surface area contributed by atoms with Crippen LogP contribution in [0, 0.1) is 6.92 Å². The predicted molar refractivity (Wildman–Crippen MR) is 115 cm³/mol. The molecule has 2 aliphatic rings. The first kappa shape index (κ1) is 23.7. The van der Waals surface area contributed by atoms with E-state index in [1.807, 2.05) is 0 Å². The van der Waals surface area contributed by atoms with E-state index in [-0.39, 0.29) is 24.8 Å². The van der Waals surface area contributed by atoms with Gasteiger partial charge in [0.1, 0.15) is 0 Å². The van der Waals surface area contributed by atoms with Crippen molar-refractivity contribution in [2.45, 2.75) is 58.2 Å². The molecule has 0 amide bonds. The first-order valence-corrected chi connectivity index (χ1v) is 9.92. The number of ether oxygens (including phenoxy) is 1. The van der Waals surface area contributed by atoms with Crippen LogP contribution in [0.15, 0.2) is 24.3 Å². The van der Waals surface area contributed by atoms with Crippen molar-refractivity contribution in [1.29, 1.82) is 0 Å². The minimum absolute atomic E-state index is 0. The fourth-order valence-electron chi connectivity index (χ4n) is 4.00. The molecular formula is C21H36Cl2N2O. The Morgan fingerprint density at radius 2 is 1.31 bits per heavy atom. The lowest BCUT2D eigenvalue weighted by molar-refractivity contribution is -0.0119. The molecule has 26 heavy (non-hydrogen) atoms. The zero-order valence-electron chi connectivity index (χ0n) is 16.2. The van der Waals surface area contributed by atoms with Crippen molar-refractivity contribution in [2.75, 3.05) is 39.3 Å². The number of nitrogens with zero attached hydrogens (tertiary/aromatic N) is 2. The summed E-state index contributed by atoms with van der Waals surface area (Å²) in [6.07, 6.45) is 8.56. The monoisotopic (exact) mass is 402 g/mol. The van der Waals surface area contributed by atoms with Crippen LogP contribution in [-0.2, 0) is 11.3 Å². The summed E-state index contributed by atoms with van der Waals surface area (Å²) in [6.45, 7) is 10.1. The zero-order valence-corrected chi connectivity index (χ0v) is 17.8. The molecule has 0 atom stereocenters. The third-order valence-corrected chi connectivity index (χ3v) is 5.56. The molecule has 1 aromatic carbocycles. The molecule has 2 fully saturated rings. The summed E-state index contributed by atoms with van der Waals surface area (Å²) in [5.74, 6) is 0. The Hall–Kier alpha value is -0.320. The Labute approximate surface area is 172 Å². The summed E-state index contributed by atoms with van der Waals surface area (Å²) in [5, 5.41) is 0. The lowest BCUT2D eigenvalue weighted by atomic mass is 10.1. The molecule has 2 aliphatic heterocycles. The highest BCUT2D eigenvalue weighted by Crippen LogP contribution is 2.16. The van der Waals surface area contributed by atoms with Gasteiger partial charge in [0.05, 0.1) is 12.7 Å². The molecule has 3 rings (SSSR count). The molecule has 0 aromatic heterocycles. The number of benzene rings is 1. The quantitative estimate of drug-likeness (QED) is 0.657. The topological polar surface area (TPSA) is 15.7 Å². The summed E-state index contributed by atoms with van der Waals surface area (Å²) in [6, 6.07) is 8.62. The van der Waals surface area contributed by atoms with Gasteiger partial charge in [0, 0.05) is 13.1 Å². The van der Waals surface area contributed by atoms with Crippen molar-refractivity contribution in [2.24, 2.45) is 0 Å².